The molecule has 1 fully saturated rings. The average Bonchev–Trinajstić information content (AvgIpc) is 2.87. The molecule has 3 nitrogen and oxygen atoms in total. The number of carboxylic acid groups (broad SMARTS) is 1. The summed E-state index contributed by atoms with van der Waals surface area (Å²) < 4.78 is 0. The minimum absolute atomic E-state index is 0.0128. The third-order valence-corrected chi connectivity index (χ3v) is 5.10. The van der Waals surface area contributed by atoms with Gasteiger partial charge in [-0.1, -0.05) is 12.8 Å². The largest absolute Gasteiger partial charge is 0.481 e. The predicted octanol–water partition coefficient (Wildman–Crippen LogP) is 3.48. The molecule has 0 saturated heterocycles. The summed E-state index contributed by atoms with van der Waals surface area (Å²) in [6, 6.07) is 4.15. The molecule has 0 radical (unpaired) electrons. The van der Waals surface area contributed by atoms with Crippen LogP contribution in [0.1, 0.15) is 54.3 Å². The molecule has 1 atom stereocenters. The van der Waals surface area contributed by atoms with Crippen molar-refractivity contribution in [2.75, 3.05) is 0 Å². The molecule has 1 aliphatic rings. The summed E-state index contributed by atoms with van der Waals surface area (Å²) >= 11 is 1.72. The number of carbonyl (C=O) groups is 1. The summed E-state index contributed by atoms with van der Waals surface area (Å²) in [7, 11) is 0. The van der Waals surface area contributed by atoms with Crippen molar-refractivity contribution in [2.45, 2.75) is 51.5 Å². The zero-order chi connectivity index (χ0) is 13.2. The minimum Gasteiger partial charge on any atom is -0.481 e. The predicted molar refractivity (Wildman–Crippen MR) is 73.8 cm³/mol. The van der Waals surface area contributed by atoms with Crippen molar-refractivity contribution in [3.05, 3.63) is 21.9 Å². The molecule has 2 rings (SSSR count). The van der Waals surface area contributed by atoms with Gasteiger partial charge in [-0.25, -0.2) is 0 Å². The lowest BCUT2D eigenvalue weighted by Gasteiger charge is -2.29. The molecule has 1 saturated carbocycles. The van der Waals surface area contributed by atoms with Crippen molar-refractivity contribution in [3.63, 3.8) is 0 Å². The van der Waals surface area contributed by atoms with E-state index in [1.807, 2.05) is 0 Å². The Morgan fingerprint density at radius 2 is 2.17 bits per heavy atom. The highest BCUT2D eigenvalue weighted by molar-refractivity contribution is 7.12. The third kappa shape index (κ3) is 3.12. The highest BCUT2D eigenvalue weighted by Crippen LogP contribution is 2.47. The summed E-state index contributed by atoms with van der Waals surface area (Å²) in [5, 5.41) is 9.09. The molecule has 0 bridgehead atoms. The van der Waals surface area contributed by atoms with E-state index in [2.05, 4.69) is 19.1 Å². The van der Waals surface area contributed by atoms with Crippen LogP contribution in [-0.2, 0) is 4.79 Å². The van der Waals surface area contributed by atoms with Gasteiger partial charge in [0.25, 0.3) is 0 Å². The molecule has 4 heteroatoms. The van der Waals surface area contributed by atoms with Gasteiger partial charge in [0.2, 0.25) is 0 Å². The maximum absolute atomic E-state index is 11.0. The minimum atomic E-state index is -0.688. The number of hydrogen-bond donors (Lipinski definition) is 2. The highest BCUT2D eigenvalue weighted by Gasteiger charge is 2.37. The Bertz CT molecular complexity index is 421. The van der Waals surface area contributed by atoms with Gasteiger partial charge in [-0.3, -0.25) is 4.79 Å². The number of thiophene rings is 1. The molecule has 1 aromatic heterocycles. The Morgan fingerprint density at radius 1 is 1.50 bits per heavy atom. The topological polar surface area (TPSA) is 63.3 Å². The second kappa shape index (κ2) is 5.41. The summed E-state index contributed by atoms with van der Waals surface area (Å²) in [5.74, 6) is -0.688. The van der Waals surface area contributed by atoms with Crippen LogP contribution in [0, 0.1) is 12.3 Å². The van der Waals surface area contributed by atoms with Gasteiger partial charge >= 0.3 is 5.97 Å². The van der Waals surface area contributed by atoms with Crippen molar-refractivity contribution >= 4 is 17.3 Å². The molecule has 3 N–H and O–H groups in total. The lowest BCUT2D eigenvalue weighted by Crippen LogP contribution is -2.26. The van der Waals surface area contributed by atoms with Gasteiger partial charge in [0.1, 0.15) is 0 Å². The van der Waals surface area contributed by atoms with E-state index in [1.54, 1.807) is 11.3 Å². The average molecular weight is 267 g/mol. The zero-order valence-corrected chi connectivity index (χ0v) is 11.6. The van der Waals surface area contributed by atoms with Crippen LogP contribution in [0.3, 0.4) is 0 Å². The molecule has 0 aliphatic heterocycles. The number of carboxylic acids is 1. The van der Waals surface area contributed by atoms with E-state index >= 15 is 0 Å². The van der Waals surface area contributed by atoms with Crippen molar-refractivity contribution < 1.29 is 9.90 Å². The maximum Gasteiger partial charge on any atom is 0.303 e. The summed E-state index contributed by atoms with van der Waals surface area (Å²) in [6.45, 7) is 2.07. The Hall–Kier alpha value is -0.870. The fourth-order valence-electron chi connectivity index (χ4n) is 3.12. The van der Waals surface area contributed by atoms with E-state index in [9.17, 15) is 4.79 Å². The van der Waals surface area contributed by atoms with Gasteiger partial charge in [0, 0.05) is 15.8 Å². The van der Waals surface area contributed by atoms with E-state index in [-0.39, 0.29) is 17.9 Å². The van der Waals surface area contributed by atoms with Gasteiger partial charge in [-0.2, -0.15) is 0 Å². The van der Waals surface area contributed by atoms with Gasteiger partial charge in [-0.05, 0) is 43.7 Å². The van der Waals surface area contributed by atoms with Crippen LogP contribution in [0.4, 0.5) is 0 Å². The molecule has 0 aromatic carbocycles. The number of hydrogen-bond acceptors (Lipinski definition) is 3. The number of aliphatic carboxylic acids is 1. The Balaban J connectivity index is 2.07. The zero-order valence-electron chi connectivity index (χ0n) is 10.8. The quantitative estimate of drug-likeness (QED) is 0.858. The number of aryl methyl sites for hydroxylation is 1. The Labute approximate surface area is 112 Å². The normalized spacial score (nSPS) is 19.9. The summed E-state index contributed by atoms with van der Waals surface area (Å²) in [5.41, 5.74) is 6.20. The van der Waals surface area contributed by atoms with Crippen LogP contribution < -0.4 is 5.73 Å². The van der Waals surface area contributed by atoms with E-state index in [4.69, 9.17) is 10.8 Å². The third-order valence-electron chi connectivity index (χ3n) is 3.97. The molecule has 1 aliphatic carbocycles. The van der Waals surface area contributed by atoms with Crippen LogP contribution >= 0.6 is 11.3 Å². The molecule has 18 heavy (non-hydrogen) atoms. The monoisotopic (exact) mass is 267 g/mol. The second-order valence-electron chi connectivity index (χ2n) is 5.54. The first kappa shape index (κ1) is 13.6. The van der Waals surface area contributed by atoms with Gasteiger partial charge in [0.15, 0.2) is 0 Å². The van der Waals surface area contributed by atoms with Crippen LogP contribution in [0.2, 0.25) is 0 Å². The van der Waals surface area contributed by atoms with E-state index in [1.165, 1.54) is 9.75 Å². The lowest BCUT2D eigenvalue weighted by molar-refractivity contribution is -0.139. The standard InChI is InChI=1S/C14H21NO2S/c1-10-4-5-12(18-10)11(15)8-14(9-13(16)17)6-2-3-7-14/h4-5,11H,2-3,6-9,15H2,1H3,(H,16,17). The van der Waals surface area contributed by atoms with Crippen LogP contribution in [0.15, 0.2) is 12.1 Å². The fourth-order valence-corrected chi connectivity index (χ4v) is 4.00. The van der Waals surface area contributed by atoms with E-state index in [0.29, 0.717) is 0 Å². The summed E-state index contributed by atoms with van der Waals surface area (Å²) in [4.78, 5) is 13.5. The molecule has 1 heterocycles. The van der Waals surface area contributed by atoms with Gasteiger partial charge in [0.05, 0.1) is 6.42 Å². The smallest absolute Gasteiger partial charge is 0.303 e. The maximum atomic E-state index is 11.0. The van der Waals surface area contributed by atoms with Crippen LogP contribution in [-0.4, -0.2) is 11.1 Å². The second-order valence-corrected chi connectivity index (χ2v) is 6.86. The SMILES string of the molecule is Cc1ccc(C(N)CC2(CC(=O)O)CCCC2)s1. The summed E-state index contributed by atoms with van der Waals surface area (Å²) in [6.07, 6.45) is 5.38. The molecule has 0 spiro atoms. The molecule has 1 unspecified atom stereocenters. The molecule has 0 amide bonds. The first-order valence-corrected chi connectivity index (χ1v) is 7.36. The first-order valence-electron chi connectivity index (χ1n) is 6.54. The fraction of sp³-hybridized carbons (Fsp3) is 0.643. The lowest BCUT2D eigenvalue weighted by atomic mass is 9.77. The van der Waals surface area contributed by atoms with Crippen molar-refractivity contribution in [1.82, 2.24) is 0 Å². The van der Waals surface area contributed by atoms with Crippen molar-refractivity contribution in [2.24, 2.45) is 11.1 Å². The molecule has 1 aromatic rings. The number of nitrogens with two attached hydrogens (primary N) is 1. The Kier molecular flexibility index (Phi) is 4.07. The van der Waals surface area contributed by atoms with Crippen LogP contribution in [0.25, 0.3) is 0 Å². The van der Waals surface area contributed by atoms with E-state index in [0.717, 1.165) is 32.1 Å². The van der Waals surface area contributed by atoms with Crippen molar-refractivity contribution in [3.8, 4) is 0 Å². The molecular weight excluding hydrogens is 246 g/mol. The highest BCUT2D eigenvalue weighted by atomic mass is 32.1. The number of rotatable bonds is 5. The van der Waals surface area contributed by atoms with E-state index < -0.39 is 5.97 Å². The van der Waals surface area contributed by atoms with Crippen LogP contribution in [0.5, 0.6) is 0 Å². The molecule has 100 valence electrons. The Morgan fingerprint density at radius 3 is 2.67 bits per heavy atom. The van der Waals surface area contributed by atoms with Crippen molar-refractivity contribution in [1.29, 1.82) is 0 Å². The van der Waals surface area contributed by atoms with Gasteiger partial charge < -0.3 is 10.8 Å². The van der Waals surface area contributed by atoms with Gasteiger partial charge in [-0.15, -0.1) is 11.3 Å². The molecular formula is C14H21NO2S. The first-order chi connectivity index (χ1) is 8.51.